The Hall–Kier alpha value is -0.900. The molecule has 1 aromatic carbocycles. The fraction of sp³-hybridized carbons (Fsp3) is 0.667. The number of nitrogens with zero attached hydrogens (tertiary/aromatic N) is 1. The number of hydrogen-bond acceptors (Lipinski definition) is 3. The molecule has 0 aliphatic carbocycles. The largest absolute Gasteiger partial charge is 0.384 e. The van der Waals surface area contributed by atoms with Gasteiger partial charge in [-0.15, -0.1) is 0 Å². The lowest BCUT2D eigenvalue weighted by Gasteiger charge is -2.40. The van der Waals surface area contributed by atoms with Gasteiger partial charge < -0.3 is 15.0 Å². The number of ether oxygens (including phenoxy) is 1. The molecule has 2 atom stereocenters. The molecular formula is C18H30N2O. The molecule has 21 heavy (non-hydrogen) atoms. The van der Waals surface area contributed by atoms with Gasteiger partial charge in [-0.05, 0) is 37.9 Å². The molecule has 1 saturated heterocycles. The third-order valence-corrected chi connectivity index (χ3v) is 4.62. The van der Waals surface area contributed by atoms with Crippen LogP contribution in [0, 0.1) is 5.92 Å². The number of benzene rings is 1. The first-order valence-electron chi connectivity index (χ1n) is 8.09. The minimum Gasteiger partial charge on any atom is -0.384 e. The van der Waals surface area contributed by atoms with E-state index in [0.29, 0.717) is 5.92 Å². The van der Waals surface area contributed by atoms with Crippen molar-refractivity contribution in [3.63, 3.8) is 0 Å². The maximum atomic E-state index is 5.35. The molecule has 0 bridgehead atoms. The van der Waals surface area contributed by atoms with E-state index in [4.69, 9.17) is 4.74 Å². The van der Waals surface area contributed by atoms with Crippen molar-refractivity contribution in [2.45, 2.75) is 25.2 Å². The van der Waals surface area contributed by atoms with Crippen molar-refractivity contribution >= 4 is 0 Å². The zero-order valence-corrected chi connectivity index (χ0v) is 13.8. The number of methoxy groups -OCH3 is 1. The van der Waals surface area contributed by atoms with Gasteiger partial charge in [-0.25, -0.2) is 0 Å². The third-order valence-electron chi connectivity index (χ3n) is 4.62. The number of piperidine rings is 1. The Kier molecular flexibility index (Phi) is 6.22. The molecule has 1 heterocycles. The maximum Gasteiger partial charge on any atom is 0.0502 e. The van der Waals surface area contributed by atoms with E-state index in [1.165, 1.54) is 31.5 Å². The second kappa shape index (κ2) is 7.92. The molecule has 2 rings (SSSR count). The number of rotatable bonds is 7. The fourth-order valence-electron chi connectivity index (χ4n) is 3.64. The first-order chi connectivity index (χ1) is 10.2. The number of likely N-dealkylation sites (tertiary alicyclic amines) is 1. The van der Waals surface area contributed by atoms with E-state index in [2.05, 4.69) is 47.5 Å². The van der Waals surface area contributed by atoms with Gasteiger partial charge in [0.1, 0.15) is 0 Å². The van der Waals surface area contributed by atoms with Gasteiger partial charge in [0.15, 0.2) is 0 Å². The molecule has 1 fully saturated rings. The van der Waals surface area contributed by atoms with E-state index in [1.807, 2.05) is 14.2 Å². The van der Waals surface area contributed by atoms with Gasteiger partial charge in [0.05, 0.1) is 6.61 Å². The lowest BCUT2D eigenvalue weighted by atomic mass is 9.81. The molecule has 0 spiro atoms. The number of hydrogen-bond donors (Lipinski definition) is 1. The Morgan fingerprint density at radius 2 is 2.10 bits per heavy atom. The Labute approximate surface area is 129 Å². The molecule has 118 valence electrons. The first kappa shape index (κ1) is 16.5. The van der Waals surface area contributed by atoms with Crippen LogP contribution in [0.15, 0.2) is 30.3 Å². The third kappa shape index (κ3) is 4.53. The average molecular weight is 290 g/mol. The summed E-state index contributed by atoms with van der Waals surface area (Å²) in [6.07, 6.45) is 2.59. The summed E-state index contributed by atoms with van der Waals surface area (Å²) in [6, 6.07) is 10.9. The van der Waals surface area contributed by atoms with Crippen molar-refractivity contribution in [3.05, 3.63) is 35.9 Å². The summed E-state index contributed by atoms with van der Waals surface area (Å²) in [4.78, 5) is 2.62. The molecule has 3 heteroatoms. The Bertz CT molecular complexity index is 407. The standard InChI is InChI=1S/C18H30N2O/c1-18(14-19-2,17-9-5-4-6-10-17)15-20-11-7-8-16(12-20)13-21-3/h4-6,9-10,16,19H,7-8,11-15H2,1-3H3. The van der Waals surface area contributed by atoms with Gasteiger partial charge in [0.25, 0.3) is 0 Å². The predicted molar refractivity (Wildman–Crippen MR) is 88.8 cm³/mol. The molecule has 1 aromatic rings. The lowest BCUT2D eigenvalue weighted by Crippen LogP contribution is -2.48. The topological polar surface area (TPSA) is 24.5 Å². The summed E-state index contributed by atoms with van der Waals surface area (Å²) >= 11 is 0. The Morgan fingerprint density at radius 3 is 2.76 bits per heavy atom. The van der Waals surface area contributed by atoms with E-state index in [9.17, 15) is 0 Å². The molecule has 0 radical (unpaired) electrons. The SMILES string of the molecule is CNCC(C)(CN1CCCC(COC)C1)c1ccccc1. The van der Waals surface area contributed by atoms with Gasteiger partial charge in [-0.2, -0.15) is 0 Å². The highest BCUT2D eigenvalue weighted by molar-refractivity contribution is 5.25. The van der Waals surface area contributed by atoms with Crippen LogP contribution in [-0.4, -0.2) is 51.8 Å². The quantitative estimate of drug-likeness (QED) is 0.835. The first-order valence-corrected chi connectivity index (χ1v) is 8.09. The molecule has 1 aliphatic rings. The van der Waals surface area contributed by atoms with Crippen molar-refractivity contribution in [2.24, 2.45) is 5.92 Å². The van der Waals surface area contributed by atoms with Crippen LogP contribution in [0.1, 0.15) is 25.3 Å². The predicted octanol–water partition coefficient (Wildman–Crippen LogP) is 2.52. The van der Waals surface area contributed by atoms with Crippen LogP contribution in [0.4, 0.5) is 0 Å². The molecule has 0 amide bonds. The van der Waals surface area contributed by atoms with E-state index >= 15 is 0 Å². The van der Waals surface area contributed by atoms with Crippen molar-refractivity contribution < 1.29 is 4.74 Å². The minimum absolute atomic E-state index is 0.158. The van der Waals surface area contributed by atoms with Crippen LogP contribution in [0.5, 0.6) is 0 Å². The van der Waals surface area contributed by atoms with Crippen LogP contribution in [0.25, 0.3) is 0 Å². The second-order valence-electron chi connectivity index (χ2n) is 6.66. The molecule has 3 nitrogen and oxygen atoms in total. The van der Waals surface area contributed by atoms with Crippen molar-refractivity contribution in [1.82, 2.24) is 10.2 Å². The molecule has 1 aliphatic heterocycles. The number of likely N-dealkylation sites (N-methyl/N-ethyl adjacent to an activating group) is 1. The van der Waals surface area contributed by atoms with Crippen LogP contribution in [-0.2, 0) is 10.2 Å². The average Bonchev–Trinajstić information content (AvgIpc) is 2.49. The van der Waals surface area contributed by atoms with Gasteiger partial charge in [0.2, 0.25) is 0 Å². The van der Waals surface area contributed by atoms with Gasteiger partial charge in [-0.3, -0.25) is 0 Å². The van der Waals surface area contributed by atoms with Crippen molar-refractivity contribution in [1.29, 1.82) is 0 Å². The normalized spacial score (nSPS) is 22.9. The van der Waals surface area contributed by atoms with Crippen molar-refractivity contribution in [3.8, 4) is 0 Å². The van der Waals surface area contributed by atoms with Gasteiger partial charge >= 0.3 is 0 Å². The highest BCUT2D eigenvalue weighted by atomic mass is 16.5. The van der Waals surface area contributed by atoms with Gasteiger partial charge in [0, 0.05) is 32.2 Å². The highest BCUT2D eigenvalue weighted by Gasteiger charge is 2.30. The molecule has 1 N–H and O–H groups in total. The zero-order valence-electron chi connectivity index (χ0n) is 13.8. The maximum absolute atomic E-state index is 5.35. The van der Waals surface area contributed by atoms with Crippen molar-refractivity contribution in [2.75, 3.05) is 46.9 Å². The Morgan fingerprint density at radius 1 is 1.33 bits per heavy atom. The smallest absolute Gasteiger partial charge is 0.0502 e. The highest BCUT2D eigenvalue weighted by Crippen LogP contribution is 2.27. The fourth-order valence-corrected chi connectivity index (χ4v) is 3.64. The summed E-state index contributed by atoms with van der Waals surface area (Å²) in [5.74, 6) is 0.693. The summed E-state index contributed by atoms with van der Waals surface area (Å²) < 4.78 is 5.35. The molecule has 0 saturated carbocycles. The monoisotopic (exact) mass is 290 g/mol. The lowest BCUT2D eigenvalue weighted by molar-refractivity contribution is 0.0795. The summed E-state index contributed by atoms with van der Waals surface area (Å²) in [5, 5.41) is 3.38. The van der Waals surface area contributed by atoms with E-state index < -0.39 is 0 Å². The Balaban J connectivity index is 2.05. The van der Waals surface area contributed by atoms with Crippen LogP contribution in [0.2, 0.25) is 0 Å². The van der Waals surface area contributed by atoms with E-state index in [1.54, 1.807) is 0 Å². The molecular weight excluding hydrogens is 260 g/mol. The molecule has 0 aromatic heterocycles. The summed E-state index contributed by atoms with van der Waals surface area (Å²) in [7, 11) is 3.86. The molecule has 2 unspecified atom stereocenters. The van der Waals surface area contributed by atoms with Crippen LogP contribution < -0.4 is 5.32 Å². The second-order valence-corrected chi connectivity index (χ2v) is 6.66. The van der Waals surface area contributed by atoms with E-state index in [-0.39, 0.29) is 5.41 Å². The van der Waals surface area contributed by atoms with Gasteiger partial charge in [-0.1, -0.05) is 37.3 Å². The van der Waals surface area contributed by atoms with Crippen LogP contribution in [0.3, 0.4) is 0 Å². The van der Waals surface area contributed by atoms with E-state index in [0.717, 1.165) is 19.7 Å². The zero-order chi connectivity index (χ0) is 15.1. The summed E-state index contributed by atoms with van der Waals surface area (Å²) in [5.41, 5.74) is 1.58. The minimum atomic E-state index is 0.158. The number of nitrogens with one attached hydrogen (secondary N) is 1. The van der Waals surface area contributed by atoms with Crippen LogP contribution >= 0.6 is 0 Å². The summed E-state index contributed by atoms with van der Waals surface area (Å²) in [6.45, 7) is 7.76.